The molecule has 0 aliphatic carbocycles. The summed E-state index contributed by atoms with van der Waals surface area (Å²) in [7, 11) is 0. The minimum Gasteiger partial charge on any atom is -0.486 e. The molecular weight excluding hydrogens is 426 g/mol. The molecule has 0 saturated carbocycles. The fraction of sp³-hybridized carbons (Fsp3) is 0.333. The Morgan fingerprint density at radius 1 is 1.06 bits per heavy atom. The zero-order valence-corrected chi connectivity index (χ0v) is 18.8. The minimum atomic E-state index is 0.0647. The van der Waals surface area contributed by atoms with Gasteiger partial charge in [-0.3, -0.25) is 9.69 Å². The van der Waals surface area contributed by atoms with Gasteiger partial charge in [0.2, 0.25) is 6.79 Å². The zero-order valence-electron chi connectivity index (χ0n) is 18.0. The first-order valence-electron chi connectivity index (χ1n) is 10.7. The molecule has 1 fully saturated rings. The highest BCUT2D eigenvalue weighted by Gasteiger charge is 2.23. The highest BCUT2D eigenvalue weighted by atomic mass is 32.1. The van der Waals surface area contributed by atoms with Gasteiger partial charge in [-0.25, -0.2) is 4.98 Å². The second-order valence-corrected chi connectivity index (χ2v) is 8.89. The Hall–Kier alpha value is -3.10. The van der Waals surface area contributed by atoms with Gasteiger partial charge in [0, 0.05) is 49.4 Å². The quantitative estimate of drug-likeness (QED) is 0.569. The maximum Gasteiger partial charge on any atom is 0.253 e. The number of fused-ring (bicyclic) bond motifs is 1. The number of aromatic nitrogens is 1. The molecule has 7 nitrogen and oxygen atoms in total. The largest absolute Gasteiger partial charge is 0.486 e. The predicted molar refractivity (Wildman–Crippen MR) is 121 cm³/mol. The average molecular weight is 452 g/mol. The van der Waals surface area contributed by atoms with Crippen molar-refractivity contribution in [1.29, 1.82) is 0 Å². The van der Waals surface area contributed by atoms with E-state index in [1.54, 1.807) is 11.3 Å². The molecule has 0 radical (unpaired) electrons. The number of nitrogens with zero attached hydrogens (tertiary/aromatic N) is 3. The fourth-order valence-corrected chi connectivity index (χ4v) is 4.58. The van der Waals surface area contributed by atoms with Crippen LogP contribution < -0.4 is 14.2 Å². The van der Waals surface area contributed by atoms with Crippen LogP contribution in [0.25, 0.3) is 0 Å². The Kier molecular flexibility index (Phi) is 5.96. The van der Waals surface area contributed by atoms with Crippen LogP contribution in [-0.2, 0) is 13.2 Å². The Bertz CT molecular complexity index is 1090. The SMILES string of the molecule is Cc1csc(COc2ccc(C(=O)N3CCN(Cc4ccc5c(c4)OCO5)CC3)cc2)n1. The van der Waals surface area contributed by atoms with Crippen molar-refractivity contribution in [3.05, 3.63) is 69.7 Å². The molecule has 3 aromatic rings. The molecule has 2 aliphatic rings. The van der Waals surface area contributed by atoms with Gasteiger partial charge < -0.3 is 19.1 Å². The van der Waals surface area contributed by atoms with Crippen LogP contribution in [0.2, 0.25) is 0 Å². The number of benzene rings is 2. The van der Waals surface area contributed by atoms with Gasteiger partial charge in [-0.1, -0.05) is 6.07 Å². The van der Waals surface area contributed by atoms with Crippen molar-refractivity contribution < 1.29 is 19.0 Å². The molecule has 8 heteroatoms. The summed E-state index contributed by atoms with van der Waals surface area (Å²) in [5, 5.41) is 2.95. The van der Waals surface area contributed by atoms with Crippen molar-refractivity contribution >= 4 is 17.2 Å². The first-order chi connectivity index (χ1) is 15.6. The Balaban J connectivity index is 1.11. The summed E-state index contributed by atoms with van der Waals surface area (Å²) < 4.78 is 16.6. The summed E-state index contributed by atoms with van der Waals surface area (Å²) in [5.74, 6) is 2.42. The van der Waals surface area contributed by atoms with E-state index in [4.69, 9.17) is 14.2 Å². The number of piperazine rings is 1. The molecule has 0 unspecified atom stereocenters. The molecule has 1 saturated heterocycles. The van der Waals surface area contributed by atoms with Crippen LogP contribution in [0.1, 0.15) is 26.6 Å². The number of rotatable bonds is 6. The lowest BCUT2D eigenvalue weighted by molar-refractivity contribution is 0.0628. The van der Waals surface area contributed by atoms with E-state index in [1.165, 1.54) is 5.56 Å². The number of aryl methyl sites for hydroxylation is 1. The van der Waals surface area contributed by atoms with E-state index in [2.05, 4.69) is 16.0 Å². The second kappa shape index (κ2) is 9.18. The third-order valence-corrected chi connectivity index (χ3v) is 6.57. The van der Waals surface area contributed by atoms with Gasteiger partial charge in [0.15, 0.2) is 11.5 Å². The van der Waals surface area contributed by atoms with E-state index in [9.17, 15) is 4.79 Å². The predicted octanol–water partition coefficient (Wildman–Crippen LogP) is 3.72. The van der Waals surface area contributed by atoms with Crippen LogP contribution in [0.15, 0.2) is 47.8 Å². The Morgan fingerprint density at radius 3 is 2.59 bits per heavy atom. The van der Waals surface area contributed by atoms with Crippen molar-refractivity contribution in [2.45, 2.75) is 20.1 Å². The lowest BCUT2D eigenvalue weighted by atomic mass is 10.1. The lowest BCUT2D eigenvalue weighted by Gasteiger charge is -2.34. The molecule has 5 rings (SSSR count). The summed E-state index contributed by atoms with van der Waals surface area (Å²) in [6, 6.07) is 13.5. The van der Waals surface area contributed by atoms with Gasteiger partial charge in [0.05, 0.1) is 0 Å². The molecule has 32 heavy (non-hydrogen) atoms. The van der Waals surface area contributed by atoms with Crippen LogP contribution in [0.5, 0.6) is 17.2 Å². The highest BCUT2D eigenvalue weighted by molar-refractivity contribution is 7.09. The Labute approximate surface area is 191 Å². The average Bonchev–Trinajstić information content (AvgIpc) is 3.46. The normalized spacial score (nSPS) is 15.7. The first kappa shape index (κ1) is 20.8. The van der Waals surface area contributed by atoms with Crippen LogP contribution in [0, 0.1) is 6.92 Å². The number of amides is 1. The maximum atomic E-state index is 12.9. The minimum absolute atomic E-state index is 0.0647. The number of ether oxygens (including phenoxy) is 3. The number of hydrogen-bond acceptors (Lipinski definition) is 7. The van der Waals surface area contributed by atoms with Crippen molar-refractivity contribution in [3.8, 4) is 17.2 Å². The van der Waals surface area contributed by atoms with Crippen LogP contribution in [-0.4, -0.2) is 53.7 Å². The summed E-state index contributed by atoms with van der Waals surface area (Å²) in [6.45, 7) is 6.65. The summed E-state index contributed by atoms with van der Waals surface area (Å²) in [6.07, 6.45) is 0. The molecule has 0 spiro atoms. The van der Waals surface area contributed by atoms with Crippen LogP contribution in [0.3, 0.4) is 0 Å². The molecule has 1 aromatic heterocycles. The van der Waals surface area contributed by atoms with Crippen molar-refractivity contribution in [2.75, 3.05) is 33.0 Å². The van der Waals surface area contributed by atoms with Crippen molar-refractivity contribution in [3.63, 3.8) is 0 Å². The van der Waals surface area contributed by atoms with E-state index in [0.717, 1.165) is 47.6 Å². The van der Waals surface area contributed by atoms with Gasteiger partial charge in [-0.2, -0.15) is 0 Å². The summed E-state index contributed by atoms with van der Waals surface area (Å²) in [4.78, 5) is 21.6. The fourth-order valence-electron chi connectivity index (χ4n) is 3.90. The summed E-state index contributed by atoms with van der Waals surface area (Å²) >= 11 is 1.59. The molecule has 0 N–H and O–H groups in total. The van der Waals surface area contributed by atoms with E-state index in [-0.39, 0.29) is 12.7 Å². The van der Waals surface area contributed by atoms with Gasteiger partial charge in [-0.15, -0.1) is 11.3 Å². The molecule has 0 bridgehead atoms. The second-order valence-electron chi connectivity index (χ2n) is 7.95. The van der Waals surface area contributed by atoms with E-state index < -0.39 is 0 Å². The van der Waals surface area contributed by atoms with Crippen LogP contribution in [0.4, 0.5) is 0 Å². The number of carbonyl (C=O) groups is 1. The number of thiazole rings is 1. The molecule has 0 atom stereocenters. The van der Waals surface area contributed by atoms with Gasteiger partial charge in [-0.05, 0) is 48.9 Å². The van der Waals surface area contributed by atoms with E-state index in [1.807, 2.05) is 53.6 Å². The molecular formula is C24H25N3O4S. The first-order valence-corrected chi connectivity index (χ1v) is 11.6. The number of carbonyl (C=O) groups excluding carboxylic acids is 1. The molecule has 2 aromatic carbocycles. The third kappa shape index (κ3) is 4.71. The zero-order chi connectivity index (χ0) is 21.9. The molecule has 1 amide bonds. The van der Waals surface area contributed by atoms with Gasteiger partial charge >= 0.3 is 0 Å². The van der Waals surface area contributed by atoms with E-state index in [0.29, 0.717) is 25.3 Å². The highest BCUT2D eigenvalue weighted by Crippen LogP contribution is 2.32. The van der Waals surface area contributed by atoms with Gasteiger partial charge in [0.1, 0.15) is 17.4 Å². The van der Waals surface area contributed by atoms with Gasteiger partial charge in [0.25, 0.3) is 5.91 Å². The lowest BCUT2D eigenvalue weighted by Crippen LogP contribution is -2.48. The monoisotopic (exact) mass is 451 g/mol. The van der Waals surface area contributed by atoms with Crippen molar-refractivity contribution in [1.82, 2.24) is 14.8 Å². The third-order valence-electron chi connectivity index (χ3n) is 5.63. The topological polar surface area (TPSA) is 64.1 Å². The summed E-state index contributed by atoms with van der Waals surface area (Å²) in [5.41, 5.74) is 2.88. The number of hydrogen-bond donors (Lipinski definition) is 0. The molecule has 3 heterocycles. The standard InChI is InChI=1S/C24H25N3O4S/c1-17-15-32-23(25-17)14-29-20-5-3-19(4-6-20)24(28)27-10-8-26(9-11-27)13-18-2-7-21-22(12-18)31-16-30-21/h2-7,12,15H,8-11,13-14,16H2,1H3. The molecule has 166 valence electrons. The smallest absolute Gasteiger partial charge is 0.253 e. The molecule has 2 aliphatic heterocycles. The maximum absolute atomic E-state index is 12.9. The van der Waals surface area contributed by atoms with E-state index >= 15 is 0 Å². The Morgan fingerprint density at radius 2 is 1.84 bits per heavy atom. The van der Waals surface area contributed by atoms with Crippen LogP contribution >= 0.6 is 11.3 Å². The van der Waals surface area contributed by atoms with Crippen molar-refractivity contribution in [2.24, 2.45) is 0 Å².